The number of amides is 1. The first-order valence-electron chi connectivity index (χ1n) is 9.43. The number of carbonyl (C=O) groups excluding carboxylic acids is 1. The molecular formula is C21H26ClN3O3S. The van der Waals surface area contributed by atoms with Crippen molar-refractivity contribution >= 4 is 38.9 Å². The highest BCUT2D eigenvalue weighted by Gasteiger charge is 2.26. The van der Waals surface area contributed by atoms with Gasteiger partial charge < -0.3 is 9.80 Å². The quantitative estimate of drug-likeness (QED) is 0.739. The van der Waals surface area contributed by atoms with Crippen LogP contribution in [-0.2, 0) is 10.0 Å². The van der Waals surface area contributed by atoms with Crippen LogP contribution < -0.4 is 9.21 Å². The van der Waals surface area contributed by atoms with Crippen LogP contribution in [0.1, 0.15) is 21.5 Å². The average molecular weight is 436 g/mol. The van der Waals surface area contributed by atoms with Crippen molar-refractivity contribution in [1.29, 1.82) is 0 Å². The Hall–Kier alpha value is -2.25. The van der Waals surface area contributed by atoms with Gasteiger partial charge in [-0.2, -0.15) is 0 Å². The molecule has 2 aromatic carbocycles. The molecule has 0 saturated carbocycles. The van der Waals surface area contributed by atoms with Crippen LogP contribution in [0.2, 0.25) is 5.02 Å². The highest BCUT2D eigenvalue weighted by molar-refractivity contribution is 7.92. The molecule has 0 radical (unpaired) electrons. The third-order valence-electron chi connectivity index (χ3n) is 5.45. The molecule has 0 aromatic heterocycles. The van der Waals surface area contributed by atoms with Crippen LogP contribution in [0.25, 0.3) is 0 Å². The van der Waals surface area contributed by atoms with Crippen LogP contribution >= 0.6 is 11.6 Å². The number of carbonyl (C=O) groups is 1. The molecule has 0 aliphatic carbocycles. The van der Waals surface area contributed by atoms with Crippen molar-refractivity contribution in [2.75, 3.05) is 48.7 Å². The summed E-state index contributed by atoms with van der Waals surface area (Å²) in [7, 11) is -1.90. The van der Waals surface area contributed by atoms with Crippen LogP contribution in [0.15, 0.2) is 36.4 Å². The number of aryl methyl sites for hydroxylation is 1. The van der Waals surface area contributed by atoms with Crippen molar-refractivity contribution in [2.45, 2.75) is 13.8 Å². The summed E-state index contributed by atoms with van der Waals surface area (Å²) in [5.41, 5.74) is 3.97. The molecule has 1 amide bonds. The fraction of sp³-hybridized carbons (Fsp3) is 0.381. The molecule has 2 aromatic rings. The van der Waals surface area contributed by atoms with E-state index in [0.717, 1.165) is 30.6 Å². The van der Waals surface area contributed by atoms with Gasteiger partial charge in [-0.1, -0.05) is 23.7 Å². The van der Waals surface area contributed by atoms with E-state index in [1.54, 1.807) is 25.1 Å². The number of piperazine rings is 1. The van der Waals surface area contributed by atoms with Gasteiger partial charge in [-0.05, 0) is 49.2 Å². The average Bonchev–Trinajstić information content (AvgIpc) is 2.68. The van der Waals surface area contributed by atoms with Gasteiger partial charge in [-0.15, -0.1) is 0 Å². The van der Waals surface area contributed by atoms with Crippen molar-refractivity contribution in [3.63, 3.8) is 0 Å². The van der Waals surface area contributed by atoms with Crippen LogP contribution in [0, 0.1) is 13.8 Å². The number of hydrogen-bond donors (Lipinski definition) is 0. The zero-order valence-corrected chi connectivity index (χ0v) is 18.7. The van der Waals surface area contributed by atoms with Crippen LogP contribution in [0.3, 0.4) is 0 Å². The monoisotopic (exact) mass is 435 g/mol. The molecule has 1 fully saturated rings. The minimum Gasteiger partial charge on any atom is -0.368 e. The first-order valence-corrected chi connectivity index (χ1v) is 11.7. The smallest absolute Gasteiger partial charge is 0.254 e. The third-order valence-corrected chi connectivity index (χ3v) is 6.88. The lowest BCUT2D eigenvalue weighted by Gasteiger charge is -2.37. The lowest BCUT2D eigenvalue weighted by atomic mass is 10.0. The minimum absolute atomic E-state index is 0.0753. The number of halogens is 1. The van der Waals surface area contributed by atoms with Crippen LogP contribution in [0.5, 0.6) is 0 Å². The topological polar surface area (TPSA) is 60.9 Å². The van der Waals surface area contributed by atoms with Gasteiger partial charge in [-0.25, -0.2) is 8.42 Å². The predicted octanol–water partition coefficient (Wildman–Crippen LogP) is 3.32. The van der Waals surface area contributed by atoms with Gasteiger partial charge in [-0.3, -0.25) is 9.10 Å². The summed E-state index contributed by atoms with van der Waals surface area (Å²) < 4.78 is 25.0. The maximum absolute atomic E-state index is 13.1. The first-order chi connectivity index (χ1) is 13.6. The summed E-state index contributed by atoms with van der Waals surface area (Å²) in [5.74, 6) is -0.0753. The van der Waals surface area contributed by atoms with Crippen molar-refractivity contribution in [1.82, 2.24) is 4.90 Å². The summed E-state index contributed by atoms with van der Waals surface area (Å²) in [5, 5.41) is 0.701. The van der Waals surface area contributed by atoms with Crippen LogP contribution in [0.4, 0.5) is 11.4 Å². The van der Waals surface area contributed by atoms with E-state index in [1.165, 1.54) is 11.4 Å². The van der Waals surface area contributed by atoms with E-state index < -0.39 is 10.0 Å². The van der Waals surface area contributed by atoms with Crippen LogP contribution in [-0.4, -0.2) is 58.7 Å². The number of rotatable bonds is 4. The maximum Gasteiger partial charge on any atom is 0.254 e. The minimum atomic E-state index is -3.40. The van der Waals surface area contributed by atoms with Crippen molar-refractivity contribution in [2.24, 2.45) is 0 Å². The predicted molar refractivity (Wildman–Crippen MR) is 119 cm³/mol. The Kier molecular flexibility index (Phi) is 6.10. The summed E-state index contributed by atoms with van der Waals surface area (Å²) in [6.07, 6.45) is 1.15. The molecule has 1 aliphatic heterocycles. The van der Waals surface area contributed by atoms with Crippen molar-refractivity contribution in [3.8, 4) is 0 Å². The second-order valence-corrected chi connectivity index (χ2v) is 9.84. The molecule has 3 rings (SSSR count). The largest absolute Gasteiger partial charge is 0.368 e. The molecule has 0 bridgehead atoms. The normalized spacial score (nSPS) is 14.8. The Labute approximate surface area is 177 Å². The Morgan fingerprint density at radius 1 is 1.07 bits per heavy atom. The number of hydrogen-bond acceptors (Lipinski definition) is 4. The summed E-state index contributed by atoms with van der Waals surface area (Å²) in [6.45, 7) is 6.46. The van der Waals surface area contributed by atoms with Gasteiger partial charge in [0.05, 0.1) is 11.9 Å². The van der Waals surface area contributed by atoms with Crippen molar-refractivity contribution < 1.29 is 13.2 Å². The molecule has 0 unspecified atom stereocenters. The molecule has 1 heterocycles. The molecule has 8 heteroatoms. The molecule has 1 aliphatic rings. The zero-order chi connectivity index (χ0) is 21.3. The number of anilines is 2. The molecule has 156 valence electrons. The van der Waals surface area contributed by atoms with Gasteiger partial charge in [0, 0.05) is 49.5 Å². The Morgan fingerprint density at radius 2 is 1.72 bits per heavy atom. The summed E-state index contributed by atoms with van der Waals surface area (Å²) >= 11 is 6.15. The van der Waals surface area contributed by atoms with Gasteiger partial charge in [0.15, 0.2) is 0 Å². The van der Waals surface area contributed by atoms with E-state index in [4.69, 9.17) is 11.6 Å². The lowest BCUT2D eigenvalue weighted by Crippen LogP contribution is -2.49. The third kappa shape index (κ3) is 4.51. The molecule has 0 N–H and O–H groups in total. The number of benzene rings is 2. The fourth-order valence-corrected chi connectivity index (χ4v) is 4.34. The lowest BCUT2D eigenvalue weighted by molar-refractivity contribution is 0.0746. The second kappa shape index (κ2) is 8.24. The zero-order valence-electron chi connectivity index (χ0n) is 17.1. The SMILES string of the molecule is Cc1ccc(Cl)cc1N1CCN(C(=O)c2cccc(N(C)S(C)(=O)=O)c2C)CC1. The van der Waals surface area contributed by atoms with Gasteiger partial charge in [0.2, 0.25) is 10.0 Å². The molecular weight excluding hydrogens is 410 g/mol. The van der Waals surface area contributed by atoms with E-state index in [1.807, 2.05) is 23.1 Å². The van der Waals surface area contributed by atoms with Gasteiger partial charge >= 0.3 is 0 Å². The molecule has 29 heavy (non-hydrogen) atoms. The molecule has 0 spiro atoms. The summed E-state index contributed by atoms with van der Waals surface area (Å²) in [4.78, 5) is 17.2. The highest BCUT2D eigenvalue weighted by atomic mass is 35.5. The Balaban J connectivity index is 1.77. The number of sulfonamides is 1. The highest BCUT2D eigenvalue weighted by Crippen LogP contribution is 2.27. The standard InChI is InChI=1S/C21H26ClN3O3S/c1-15-8-9-17(22)14-20(15)24-10-12-25(13-11-24)21(26)18-6-5-7-19(16(18)2)23(3)29(4,27)28/h5-9,14H,10-13H2,1-4H3. The van der Waals surface area contributed by atoms with Crippen molar-refractivity contribution in [3.05, 3.63) is 58.1 Å². The number of nitrogens with zero attached hydrogens (tertiary/aromatic N) is 3. The fourth-order valence-electron chi connectivity index (χ4n) is 3.62. The van der Waals surface area contributed by atoms with E-state index in [2.05, 4.69) is 11.8 Å². The Bertz CT molecular complexity index is 1030. The van der Waals surface area contributed by atoms with Gasteiger partial charge in [0.1, 0.15) is 0 Å². The summed E-state index contributed by atoms with van der Waals surface area (Å²) in [6, 6.07) is 11.0. The first kappa shape index (κ1) is 21.5. The molecule has 6 nitrogen and oxygen atoms in total. The second-order valence-electron chi connectivity index (χ2n) is 7.39. The van der Waals surface area contributed by atoms with E-state index in [-0.39, 0.29) is 5.91 Å². The van der Waals surface area contributed by atoms with E-state index >= 15 is 0 Å². The Morgan fingerprint density at radius 3 is 2.34 bits per heavy atom. The van der Waals surface area contributed by atoms with E-state index in [9.17, 15) is 13.2 Å². The molecule has 1 saturated heterocycles. The van der Waals surface area contributed by atoms with E-state index in [0.29, 0.717) is 34.9 Å². The van der Waals surface area contributed by atoms with Gasteiger partial charge in [0.25, 0.3) is 5.91 Å². The molecule has 0 atom stereocenters. The maximum atomic E-state index is 13.1.